The minimum Gasteiger partial charge on any atom is -0.490 e. The maximum atomic E-state index is 12.3. The third-order valence-corrected chi connectivity index (χ3v) is 4.99. The molecule has 1 saturated heterocycles. The Labute approximate surface area is 213 Å². The molecule has 1 amide bonds. The van der Waals surface area contributed by atoms with Crippen molar-refractivity contribution in [3.8, 4) is 17.4 Å². The van der Waals surface area contributed by atoms with Crippen LogP contribution in [0.3, 0.4) is 0 Å². The average Bonchev–Trinajstić information content (AvgIpc) is 3.36. The summed E-state index contributed by atoms with van der Waals surface area (Å²) in [6, 6.07) is 11.4. The fraction of sp³-hybridized carbons (Fsp3) is 0.458. The fourth-order valence-electron chi connectivity index (χ4n) is 3.35. The Morgan fingerprint density at radius 3 is 2.58 bits per heavy atom. The number of amides is 1. The van der Waals surface area contributed by atoms with Crippen LogP contribution in [0.15, 0.2) is 47.6 Å². The Kier molecular flexibility index (Phi) is 11.8. The van der Waals surface area contributed by atoms with Gasteiger partial charge in [0.1, 0.15) is 0 Å². The van der Waals surface area contributed by atoms with Crippen LogP contribution in [-0.2, 0) is 11.3 Å². The molecule has 180 valence electrons. The summed E-state index contributed by atoms with van der Waals surface area (Å²) in [5.74, 6) is 2.47. The minimum atomic E-state index is 0. The number of hydrogen-bond acceptors (Lipinski definition) is 5. The first kappa shape index (κ1) is 26.7. The summed E-state index contributed by atoms with van der Waals surface area (Å²) in [5, 5.41) is 6.32. The van der Waals surface area contributed by atoms with E-state index in [1.54, 1.807) is 6.20 Å². The van der Waals surface area contributed by atoms with Gasteiger partial charge in [-0.2, -0.15) is 0 Å². The lowest BCUT2D eigenvalue weighted by Crippen LogP contribution is -2.44. The quantitative estimate of drug-likeness (QED) is 0.257. The van der Waals surface area contributed by atoms with Crippen LogP contribution in [0.2, 0.25) is 0 Å². The van der Waals surface area contributed by atoms with E-state index in [9.17, 15) is 4.79 Å². The van der Waals surface area contributed by atoms with E-state index >= 15 is 0 Å². The summed E-state index contributed by atoms with van der Waals surface area (Å²) >= 11 is 0. The molecular formula is C24H34IN5O3. The van der Waals surface area contributed by atoms with Gasteiger partial charge in [0, 0.05) is 31.4 Å². The van der Waals surface area contributed by atoms with Crippen LogP contribution in [0, 0.1) is 0 Å². The van der Waals surface area contributed by atoms with E-state index in [1.807, 2.05) is 48.2 Å². The molecule has 33 heavy (non-hydrogen) atoms. The molecule has 1 aliphatic rings. The first-order valence-electron chi connectivity index (χ1n) is 11.3. The van der Waals surface area contributed by atoms with E-state index < -0.39 is 0 Å². The monoisotopic (exact) mass is 567 g/mol. The van der Waals surface area contributed by atoms with Crippen LogP contribution in [0.25, 0.3) is 0 Å². The highest BCUT2D eigenvalue weighted by molar-refractivity contribution is 14.0. The molecule has 3 rings (SSSR count). The van der Waals surface area contributed by atoms with Gasteiger partial charge in [0.25, 0.3) is 0 Å². The van der Waals surface area contributed by atoms with Crippen molar-refractivity contribution in [2.45, 2.75) is 39.7 Å². The SMILES string of the molecule is CCCOc1ccccc1Oc1ncccc1CN=C(NCC)NCC(=O)N1CCCC1.I. The molecule has 1 aliphatic heterocycles. The number of ether oxygens (including phenoxy) is 2. The second-order valence-corrected chi connectivity index (χ2v) is 7.50. The van der Waals surface area contributed by atoms with E-state index in [0.717, 1.165) is 37.9 Å². The minimum absolute atomic E-state index is 0. The highest BCUT2D eigenvalue weighted by Gasteiger charge is 2.18. The average molecular weight is 567 g/mol. The standard InChI is InChI=1S/C24H33N5O3.HI/c1-3-16-31-20-11-5-6-12-21(20)32-23-19(10-9-13-26-23)17-27-24(25-4-2)28-18-22(30)29-14-7-8-15-29;/h5-6,9-13H,3-4,7-8,14-18H2,1-2H3,(H2,25,27,28);1H. The van der Waals surface area contributed by atoms with Gasteiger partial charge >= 0.3 is 0 Å². The van der Waals surface area contributed by atoms with Crippen LogP contribution in [0.1, 0.15) is 38.7 Å². The Bertz CT molecular complexity index is 903. The lowest BCUT2D eigenvalue weighted by atomic mass is 10.2. The van der Waals surface area contributed by atoms with Gasteiger partial charge in [-0.25, -0.2) is 9.98 Å². The van der Waals surface area contributed by atoms with Crippen LogP contribution in [0.5, 0.6) is 17.4 Å². The summed E-state index contributed by atoms with van der Waals surface area (Å²) in [7, 11) is 0. The second-order valence-electron chi connectivity index (χ2n) is 7.50. The zero-order valence-electron chi connectivity index (χ0n) is 19.4. The van der Waals surface area contributed by atoms with E-state index in [-0.39, 0.29) is 36.4 Å². The van der Waals surface area contributed by atoms with Crippen LogP contribution in [-0.4, -0.2) is 54.5 Å². The molecule has 2 heterocycles. The molecular weight excluding hydrogens is 533 g/mol. The van der Waals surface area contributed by atoms with Crippen molar-refractivity contribution in [2.24, 2.45) is 4.99 Å². The summed E-state index contributed by atoms with van der Waals surface area (Å²) in [6.45, 7) is 7.63. The van der Waals surface area contributed by atoms with E-state index in [2.05, 4.69) is 27.5 Å². The first-order valence-corrected chi connectivity index (χ1v) is 11.3. The second kappa shape index (κ2) is 14.6. The number of pyridine rings is 1. The fourth-order valence-corrected chi connectivity index (χ4v) is 3.35. The van der Waals surface area contributed by atoms with Crippen molar-refractivity contribution in [1.29, 1.82) is 0 Å². The van der Waals surface area contributed by atoms with E-state index in [0.29, 0.717) is 43.0 Å². The number of halogens is 1. The zero-order chi connectivity index (χ0) is 22.6. The molecule has 0 spiro atoms. The number of guanidine groups is 1. The number of para-hydroxylation sites is 2. The number of nitrogens with one attached hydrogen (secondary N) is 2. The van der Waals surface area contributed by atoms with Gasteiger partial charge in [-0.05, 0) is 44.4 Å². The lowest BCUT2D eigenvalue weighted by Gasteiger charge is -2.17. The zero-order valence-corrected chi connectivity index (χ0v) is 21.7. The van der Waals surface area contributed by atoms with Crippen molar-refractivity contribution in [3.63, 3.8) is 0 Å². The molecule has 2 N–H and O–H groups in total. The van der Waals surface area contributed by atoms with Gasteiger partial charge in [0.05, 0.1) is 19.7 Å². The van der Waals surface area contributed by atoms with Crippen LogP contribution >= 0.6 is 24.0 Å². The number of likely N-dealkylation sites (tertiary alicyclic amines) is 1. The predicted octanol–water partition coefficient (Wildman–Crippen LogP) is 3.96. The molecule has 0 aliphatic carbocycles. The van der Waals surface area contributed by atoms with Crippen molar-refractivity contribution < 1.29 is 14.3 Å². The summed E-state index contributed by atoms with van der Waals surface area (Å²) < 4.78 is 11.9. The molecule has 0 unspecified atom stereocenters. The molecule has 2 aromatic rings. The molecule has 8 nitrogen and oxygen atoms in total. The third kappa shape index (κ3) is 8.38. The van der Waals surface area contributed by atoms with E-state index in [4.69, 9.17) is 9.47 Å². The highest BCUT2D eigenvalue weighted by atomic mass is 127. The van der Waals surface area contributed by atoms with Gasteiger partial charge in [-0.15, -0.1) is 24.0 Å². The molecule has 9 heteroatoms. The van der Waals surface area contributed by atoms with Gasteiger partial charge in [-0.1, -0.05) is 25.1 Å². The Morgan fingerprint density at radius 2 is 1.85 bits per heavy atom. The van der Waals surface area contributed by atoms with Gasteiger partial charge in [0.2, 0.25) is 11.8 Å². The molecule has 0 radical (unpaired) electrons. The summed E-state index contributed by atoms with van der Waals surface area (Å²) in [4.78, 5) is 23.2. The van der Waals surface area contributed by atoms with Crippen molar-refractivity contribution in [1.82, 2.24) is 20.5 Å². The molecule has 0 atom stereocenters. The number of aliphatic imine (C=N–C) groups is 1. The largest absolute Gasteiger partial charge is 0.490 e. The van der Waals surface area contributed by atoms with Gasteiger partial charge in [0.15, 0.2) is 17.5 Å². The molecule has 1 fully saturated rings. The van der Waals surface area contributed by atoms with Crippen LogP contribution in [0.4, 0.5) is 0 Å². The third-order valence-electron chi connectivity index (χ3n) is 4.99. The maximum Gasteiger partial charge on any atom is 0.241 e. The number of aromatic nitrogens is 1. The topological polar surface area (TPSA) is 88.1 Å². The maximum absolute atomic E-state index is 12.3. The number of benzene rings is 1. The van der Waals surface area contributed by atoms with Gasteiger partial charge < -0.3 is 25.0 Å². The number of carbonyl (C=O) groups excluding carboxylic acids is 1. The summed E-state index contributed by atoms with van der Waals surface area (Å²) in [5.41, 5.74) is 0.834. The number of carbonyl (C=O) groups is 1. The highest BCUT2D eigenvalue weighted by Crippen LogP contribution is 2.32. The van der Waals surface area contributed by atoms with Crippen molar-refractivity contribution in [3.05, 3.63) is 48.2 Å². The first-order chi connectivity index (χ1) is 15.7. The molecule has 0 saturated carbocycles. The normalized spacial score (nSPS) is 13.3. The van der Waals surface area contributed by atoms with E-state index in [1.165, 1.54) is 0 Å². The number of hydrogen-bond donors (Lipinski definition) is 2. The molecule has 1 aromatic heterocycles. The van der Waals surface area contributed by atoms with Crippen LogP contribution < -0.4 is 20.1 Å². The molecule has 1 aromatic carbocycles. The molecule has 0 bridgehead atoms. The smallest absolute Gasteiger partial charge is 0.241 e. The van der Waals surface area contributed by atoms with Crippen molar-refractivity contribution in [2.75, 3.05) is 32.8 Å². The lowest BCUT2D eigenvalue weighted by molar-refractivity contribution is -0.128. The van der Waals surface area contributed by atoms with Crippen molar-refractivity contribution >= 4 is 35.8 Å². The number of rotatable bonds is 10. The Hall–Kier alpha value is -2.56. The number of nitrogens with zero attached hydrogens (tertiary/aromatic N) is 3. The Balaban J connectivity index is 0.00000385. The Morgan fingerprint density at radius 1 is 1.09 bits per heavy atom. The van der Waals surface area contributed by atoms with Gasteiger partial charge in [-0.3, -0.25) is 4.79 Å². The predicted molar refractivity (Wildman–Crippen MR) is 141 cm³/mol. The summed E-state index contributed by atoms with van der Waals surface area (Å²) in [6.07, 6.45) is 4.77.